The van der Waals surface area contributed by atoms with Crippen LogP contribution in [0, 0.1) is 16.7 Å². The van der Waals surface area contributed by atoms with Gasteiger partial charge >= 0.3 is 0 Å². The van der Waals surface area contributed by atoms with Gasteiger partial charge in [0.15, 0.2) is 5.84 Å². The van der Waals surface area contributed by atoms with Crippen LogP contribution in [0.2, 0.25) is 0 Å². The summed E-state index contributed by atoms with van der Waals surface area (Å²) in [4.78, 5) is 4.22. The van der Waals surface area contributed by atoms with E-state index < -0.39 is 0 Å². The van der Waals surface area contributed by atoms with E-state index in [1.54, 1.807) is 12.1 Å². The number of hydrogen-bond donors (Lipinski definition) is 3. The molecule has 0 spiro atoms. The van der Waals surface area contributed by atoms with Gasteiger partial charge in [0.1, 0.15) is 12.7 Å². The molecule has 2 rings (SSSR count). The van der Waals surface area contributed by atoms with Crippen molar-refractivity contribution >= 4 is 23.1 Å². The molecule has 96 valence electrons. The van der Waals surface area contributed by atoms with Crippen LogP contribution in [-0.2, 0) is 4.74 Å². The molecule has 0 fully saturated rings. The number of benzene rings is 1. The van der Waals surface area contributed by atoms with Crippen molar-refractivity contribution in [2.45, 2.75) is 0 Å². The van der Waals surface area contributed by atoms with Gasteiger partial charge < -0.3 is 10.5 Å². The summed E-state index contributed by atoms with van der Waals surface area (Å²) in [6, 6.07) is 9.02. The van der Waals surface area contributed by atoms with Gasteiger partial charge in [0.25, 0.3) is 0 Å². The van der Waals surface area contributed by atoms with Crippen molar-refractivity contribution < 1.29 is 4.74 Å². The van der Waals surface area contributed by atoms with E-state index in [0.717, 1.165) is 5.56 Å². The smallest absolute Gasteiger partial charge is 0.218 e. The molecule has 1 aromatic carbocycles. The number of amidine groups is 1. The summed E-state index contributed by atoms with van der Waals surface area (Å²) in [5.41, 5.74) is 9.13. The number of hydrazone groups is 1. The Kier molecular flexibility index (Phi) is 3.73. The predicted octanol–water partition coefficient (Wildman–Crippen LogP) is 0.691. The van der Waals surface area contributed by atoms with E-state index in [1.807, 2.05) is 18.2 Å². The Morgan fingerprint density at radius 1 is 1.53 bits per heavy atom. The van der Waals surface area contributed by atoms with Gasteiger partial charge in [-0.15, -0.1) is 0 Å². The van der Waals surface area contributed by atoms with Crippen LogP contribution >= 0.6 is 0 Å². The Labute approximate surface area is 109 Å². The second kappa shape index (κ2) is 5.64. The first-order valence-electron chi connectivity index (χ1n) is 5.57. The normalized spacial score (nSPS) is 14.3. The van der Waals surface area contributed by atoms with E-state index >= 15 is 0 Å². The SMILES string of the molecule is N#C/C(=N\Nc1ccccc1C1=NCCO1)C(=N)N. The van der Waals surface area contributed by atoms with Gasteiger partial charge in [-0.1, -0.05) is 12.1 Å². The minimum atomic E-state index is -0.387. The number of anilines is 1. The molecule has 0 aliphatic carbocycles. The van der Waals surface area contributed by atoms with Gasteiger partial charge in [0, 0.05) is 0 Å². The van der Waals surface area contributed by atoms with E-state index in [2.05, 4.69) is 15.5 Å². The first-order chi connectivity index (χ1) is 9.22. The molecular weight excluding hydrogens is 244 g/mol. The van der Waals surface area contributed by atoms with Crippen molar-refractivity contribution in [3.8, 4) is 6.07 Å². The molecule has 0 unspecified atom stereocenters. The minimum absolute atomic E-state index is 0.177. The largest absolute Gasteiger partial charge is 0.475 e. The molecule has 0 bridgehead atoms. The molecule has 1 aliphatic heterocycles. The van der Waals surface area contributed by atoms with Gasteiger partial charge in [-0.3, -0.25) is 10.8 Å². The number of nitriles is 1. The van der Waals surface area contributed by atoms with Crippen LogP contribution in [0.1, 0.15) is 5.56 Å². The Hall–Kier alpha value is -2.88. The molecule has 0 amide bonds. The molecule has 4 N–H and O–H groups in total. The topological polar surface area (TPSA) is 120 Å². The second-order valence-electron chi connectivity index (χ2n) is 3.68. The molecule has 0 aromatic heterocycles. The summed E-state index contributed by atoms with van der Waals surface area (Å²) in [6.45, 7) is 1.19. The van der Waals surface area contributed by atoms with Crippen molar-refractivity contribution in [1.82, 2.24) is 0 Å². The molecule has 19 heavy (non-hydrogen) atoms. The fourth-order valence-corrected chi connectivity index (χ4v) is 1.53. The highest BCUT2D eigenvalue weighted by molar-refractivity contribution is 6.45. The number of aliphatic imine (C=N–C) groups is 1. The zero-order valence-electron chi connectivity index (χ0n) is 10.1. The van der Waals surface area contributed by atoms with E-state index in [4.69, 9.17) is 21.1 Å². The number of nitrogens with two attached hydrogens (primary N) is 1. The molecule has 0 saturated carbocycles. The number of hydrogen-bond acceptors (Lipinski definition) is 6. The summed E-state index contributed by atoms with van der Waals surface area (Å²) in [7, 11) is 0. The number of nitrogens with zero attached hydrogens (tertiary/aromatic N) is 3. The van der Waals surface area contributed by atoms with Crippen molar-refractivity contribution in [1.29, 1.82) is 10.7 Å². The summed E-state index contributed by atoms with van der Waals surface area (Å²) < 4.78 is 5.39. The fourth-order valence-electron chi connectivity index (χ4n) is 1.53. The van der Waals surface area contributed by atoms with Crippen molar-refractivity contribution in [3.63, 3.8) is 0 Å². The molecule has 1 aliphatic rings. The van der Waals surface area contributed by atoms with E-state index in [-0.39, 0.29) is 11.5 Å². The lowest BCUT2D eigenvalue weighted by Crippen LogP contribution is -2.22. The average Bonchev–Trinajstić information content (AvgIpc) is 2.93. The first-order valence-corrected chi connectivity index (χ1v) is 5.57. The van der Waals surface area contributed by atoms with Crippen LogP contribution in [0.15, 0.2) is 34.4 Å². The van der Waals surface area contributed by atoms with E-state index in [1.165, 1.54) is 0 Å². The summed E-state index contributed by atoms with van der Waals surface area (Å²) in [6.07, 6.45) is 0. The maximum absolute atomic E-state index is 8.77. The van der Waals surface area contributed by atoms with Crippen molar-refractivity contribution in [2.24, 2.45) is 15.8 Å². The van der Waals surface area contributed by atoms with Crippen LogP contribution in [0.25, 0.3) is 0 Å². The molecular formula is C12H12N6O. The monoisotopic (exact) mass is 256 g/mol. The number of nitrogens with one attached hydrogen (secondary N) is 2. The van der Waals surface area contributed by atoms with Gasteiger partial charge in [-0.2, -0.15) is 10.4 Å². The number of para-hydroxylation sites is 1. The highest BCUT2D eigenvalue weighted by Gasteiger charge is 2.14. The third-order valence-corrected chi connectivity index (χ3v) is 2.39. The standard InChI is InChI=1S/C12H12N6O/c13-7-10(11(14)15)18-17-9-4-2-1-3-8(9)12-16-5-6-19-12/h1-4,17H,5-6H2,(H3,14,15)/b18-10+. The highest BCUT2D eigenvalue weighted by Crippen LogP contribution is 2.18. The van der Waals surface area contributed by atoms with Gasteiger partial charge in [0.05, 0.1) is 17.8 Å². The maximum atomic E-state index is 8.77. The molecule has 1 heterocycles. The third-order valence-electron chi connectivity index (χ3n) is 2.39. The van der Waals surface area contributed by atoms with Crippen LogP contribution in [0.5, 0.6) is 0 Å². The van der Waals surface area contributed by atoms with Crippen LogP contribution < -0.4 is 11.2 Å². The lowest BCUT2D eigenvalue weighted by atomic mass is 10.2. The van der Waals surface area contributed by atoms with Crippen LogP contribution in [-0.4, -0.2) is 30.6 Å². The molecule has 1 aromatic rings. The molecule has 7 nitrogen and oxygen atoms in total. The van der Waals surface area contributed by atoms with Gasteiger partial charge in [-0.25, -0.2) is 4.99 Å². The first kappa shape index (κ1) is 12.6. The zero-order chi connectivity index (χ0) is 13.7. The van der Waals surface area contributed by atoms with Crippen LogP contribution in [0.3, 0.4) is 0 Å². The molecule has 0 saturated heterocycles. The number of ether oxygens (including phenoxy) is 1. The van der Waals surface area contributed by atoms with Crippen molar-refractivity contribution in [2.75, 3.05) is 18.6 Å². The maximum Gasteiger partial charge on any atom is 0.218 e. The Morgan fingerprint density at radius 3 is 2.95 bits per heavy atom. The molecule has 0 atom stereocenters. The van der Waals surface area contributed by atoms with Gasteiger partial charge in [0.2, 0.25) is 11.6 Å². The second-order valence-corrected chi connectivity index (χ2v) is 3.68. The fraction of sp³-hybridized carbons (Fsp3) is 0.167. The van der Waals surface area contributed by atoms with E-state index in [9.17, 15) is 0 Å². The Bertz CT molecular complexity index is 598. The molecule has 0 radical (unpaired) electrons. The summed E-state index contributed by atoms with van der Waals surface area (Å²) >= 11 is 0. The third kappa shape index (κ3) is 2.87. The Morgan fingerprint density at radius 2 is 2.32 bits per heavy atom. The van der Waals surface area contributed by atoms with Gasteiger partial charge in [-0.05, 0) is 12.1 Å². The molecule has 7 heteroatoms. The summed E-state index contributed by atoms with van der Waals surface area (Å²) in [5, 5.41) is 19.7. The van der Waals surface area contributed by atoms with Crippen molar-refractivity contribution in [3.05, 3.63) is 29.8 Å². The lowest BCUT2D eigenvalue weighted by Gasteiger charge is -2.08. The zero-order valence-corrected chi connectivity index (χ0v) is 10.1. The minimum Gasteiger partial charge on any atom is -0.475 e. The Balaban J connectivity index is 2.26. The quantitative estimate of drug-likeness (QED) is 0.417. The van der Waals surface area contributed by atoms with Crippen LogP contribution in [0.4, 0.5) is 5.69 Å². The predicted molar refractivity (Wildman–Crippen MR) is 72.4 cm³/mol. The lowest BCUT2D eigenvalue weighted by molar-refractivity contribution is 0.348. The number of rotatable bonds is 4. The average molecular weight is 256 g/mol. The van der Waals surface area contributed by atoms with E-state index in [0.29, 0.717) is 24.7 Å². The highest BCUT2D eigenvalue weighted by atomic mass is 16.5. The summed E-state index contributed by atoms with van der Waals surface area (Å²) in [5.74, 6) is 0.154.